The molecule has 2 N–H and O–H groups in total. The van der Waals surface area contributed by atoms with Crippen LogP contribution in [0.25, 0.3) is 0 Å². The lowest BCUT2D eigenvalue weighted by molar-refractivity contribution is -0.117. The zero-order valence-corrected chi connectivity index (χ0v) is 15.5. The second kappa shape index (κ2) is 7.60. The summed E-state index contributed by atoms with van der Waals surface area (Å²) in [5, 5.41) is 5.94. The summed E-state index contributed by atoms with van der Waals surface area (Å²) in [5.74, 6) is 0.179. The van der Waals surface area contributed by atoms with Gasteiger partial charge in [-0.25, -0.2) is 0 Å². The van der Waals surface area contributed by atoms with Crippen LogP contribution in [-0.4, -0.2) is 25.9 Å². The molecule has 1 aliphatic rings. The van der Waals surface area contributed by atoms with E-state index in [2.05, 4.69) is 10.6 Å². The number of nitrogens with one attached hydrogen (secondary N) is 2. The number of nitrogens with zero attached hydrogens (tertiary/aromatic N) is 1. The van der Waals surface area contributed by atoms with Crippen molar-refractivity contribution in [3.8, 4) is 0 Å². The fourth-order valence-corrected chi connectivity index (χ4v) is 2.73. The van der Waals surface area contributed by atoms with E-state index in [1.54, 1.807) is 0 Å². The molecule has 1 unspecified atom stereocenters. The minimum Gasteiger partial charge on any atom is -0.378 e. The SMILES string of the molecule is CC(NC(=O)c1cccc(N(C)C)c1)c1ccc(NC(=O)C2CC2)cc1. The summed E-state index contributed by atoms with van der Waals surface area (Å²) >= 11 is 0. The number of carbonyl (C=O) groups is 2. The summed E-state index contributed by atoms with van der Waals surface area (Å²) < 4.78 is 0. The highest BCUT2D eigenvalue weighted by molar-refractivity contribution is 5.95. The molecule has 2 aromatic rings. The van der Waals surface area contributed by atoms with Crippen molar-refractivity contribution in [2.75, 3.05) is 24.3 Å². The van der Waals surface area contributed by atoms with E-state index < -0.39 is 0 Å². The number of anilines is 2. The van der Waals surface area contributed by atoms with Crippen LogP contribution in [0.3, 0.4) is 0 Å². The number of carbonyl (C=O) groups excluding carboxylic acids is 2. The van der Waals surface area contributed by atoms with Crippen LogP contribution < -0.4 is 15.5 Å². The quantitative estimate of drug-likeness (QED) is 0.836. The van der Waals surface area contributed by atoms with Gasteiger partial charge < -0.3 is 15.5 Å². The lowest BCUT2D eigenvalue weighted by Crippen LogP contribution is -2.26. The fraction of sp³-hybridized carbons (Fsp3) is 0.333. The van der Waals surface area contributed by atoms with Crippen molar-refractivity contribution < 1.29 is 9.59 Å². The molecular formula is C21H25N3O2. The molecule has 0 radical (unpaired) electrons. The van der Waals surface area contributed by atoms with Gasteiger partial charge in [-0.2, -0.15) is 0 Å². The molecule has 26 heavy (non-hydrogen) atoms. The van der Waals surface area contributed by atoms with Crippen molar-refractivity contribution in [3.63, 3.8) is 0 Å². The molecular weight excluding hydrogens is 326 g/mol. The van der Waals surface area contributed by atoms with Crippen LogP contribution in [0, 0.1) is 5.92 Å². The molecule has 0 aromatic heterocycles. The first-order chi connectivity index (χ1) is 12.4. The summed E-state index contributed by atoms with van der Waals surface area (Å²) in [6.07, 6.45) is 1.98. The fourth-order valence-electron chi connectivity index (χ4n) is 2.73. The van der Waals surface area contributed by atoms with Crippen molar-refractivity contribution in [1.29, 1.82) is 0 Å². The first kappa shape index (κ1) is 18.0. The molecule has 0 heterocycles. The van der Waals surface area contributed by atoms with Gasteiger partial charge in [0, 0.05) is 37.0 Å². The Bertz CT molecular complexity index is 795. The van der Waals surface area contributed by atoms with E-state index in [4.69, 9.17) is 0 Å². The molecule has 136 valence electrons. The van der Waals surface area contributed by atoms with Crippen LogP contribution in [0.5, 0.6) is 0 Å². The molecule has 1 aliphatic carbocycles. The predicted octanol–water partition coefficient (Wildman–Crippen LogP) is 3.59. The molecule has 5 heteroatoms. The third-order valence-corrected chi connectivity index (χ3v) is 4.60. The van der Waals surface area contributed by atoms with Crippen molar-refractivity contribution in [1.82, 2.24) is 5.32 Å². The van der Waals surface area contributed by atoms with Crippen LogP contribution in [0.1, 0.15) is 41.7 Å². The van der Waals surface area contributed by atoms with Crippen molar-refractivity contribution in [3.05, 3.63) is 59.7 Å². The predicted molar refractivity (Wildman–Crippen MR) is 104 cm³/mol. The summed E-state index contributed by atoms with van der Waals surface area (Å²) in [5.41, 5.74) is 3.41. The average Bonchev–Trinajstić information content (AvgIpc) is 3.47. The number of amides is 2. The maximum Gasteiger partial charge on any atom is 0.251 e. The molecule has 2 amide bonds. The van der Waals surface area contributed by atoms with Crippen LogP contribution in [0.15, 0.2) is 48.5 Å². The Kier molecular flexibility index (Phi) is 5.26. The summed E-state index contributed by atoms with van der Waals surface area (Å²) in [6.45, 7) is 1.95. The minimum absolute atomic E-state index is 0.0971. The number of benzene rings is 2. The second-order valence-electron chi connectivity index (χ2n) is 7.03. The number of hydrogen-bond donors (Lipinski definition) is 2. The standard InChI is InChI=1S/C21H25N3O2/c1-14(22-21(26)17-5-4-6-19(13-17)24(2)3)15-9-11-18(12-10-15)23-20(25)16-7-8-16/h4-6,9-14,16H,7-8H2,1-3H3,(H,22,26)(H,23,25). The van der Waals surface area contributed by atoms with E-state index in [9.17, 15) is 9.59 Å². The molecule has 1 atom stereocenters. The van der Waals surface area contributed by atoms with Gasteiger partial charge in [0.15, 0.2) is 0 Å². The molecule has 0 saturated heterocycles. The molecule has 3 rings (SSSR count). The van der Waals surface area contributed by atoms with E-state index in [1.807, 2.05) is 74.4 Å². The second-order valence-corrected chi connectivity index (χ2v) is 7.03. The topological polar surface area (TPSA) is 61.4 Å². The van der Waals surface area contributed by atoms with Crippen molar-refractivity contribution in [2.45, 2.75) is 25.8 Å². The van der Waals surface area contributed by atoms with Gasteiger partial charge in [0.2, 0.25) is 5.91 Å². The Labute approximate surface area is 154 Å². The lowest BCUT2D eigenvalue weighted by atomic mass is 10.1. The van der Waals surface area contributed by atoms with Crippen molar-refractivity contribution in [2.24, 2.45) is 5.92 Å². The highest BCUT2D eigenvalue weighted by Crippen LogP contribution is 2.30. The monoisotopic (exact) mass is 351 g/mol. The average molecular weight is 351 g/mol. The Hall–Kier alpha value is -2.82. The molecule has 0 spiro atoms. The van der Waals surface area contributed by atoms with Gasteiger partial charge >= 0.3 is 0 Å². The van der Waals surface area contributed by atoms with Gasteiger partial charge in [-0.1, -0.05) is 18.2 Å². The zero-order valence-electron chi connectivity index (χ0n) is 15.5. The van der Waals surface area contributed by atoms with Gasteiger partial charge in [-0.3, -0.25) is 9.59 Å². The van der Waals surface area contributed by atoms with Gasteiger partial charge in [0.1, 0.15) is 0 Å². The Morgan fingerprint density at radius 3 is 2.38 bits per heavy atom. The van der Waals surface area contributed by atoms with E-state index in [0.717, 1.165) is 29.8 Å². The van der Waals surface area contributed by atoms with Crippen LogP contribution in [0.2, 0.25) is 0 Å². The Morgan fingerprint density at radius 2 is 1.77 bits per heavy atom. The van der Waals surface area contributed by atoms with Crippen LogP contribution in [-0.2, 0) is 4.79 Å². The Morgan fingerprint density at radius 1 is 1.08 bits per heavy atom. The maximum absolute atomic E-state index is 12.5. The number of hydrogen-bond acceptors (Lipinski definition) is 3. The van der Waals surface area contributed by atoms with Crippen LogP contribution in [0.4, 0.5) is 11.4 Å². The van der Waals surface area contributed by atoms with Gasteiger partial charge in [-0.15, -0.1) is 0 Å². The highest BCUT2D eigenvalue weighted by Gasteiger charge is 2.29. The van der Waals surface area contributed by atoms with E-state index in [0.29, 0.717) is 5.56 Å². The normalized spacial score (nSPS) is 14.4. The van der Waals surface area contributed by atoms with E-state index in [1.165, 1.54) is 0 Å². The summed E-state index contributed by atoms with van der Waals surface area (Å²) in [6, 6.07) is 15.0. The van der Waals surface area contributed by atoms with Gasteiger partial charge in [0.25, 0.3) is 5.91 Å². The number of rotatable bonds is 6. The molecule has 5 nitrogen and oxygen atoms in total. The highest BCUT2D eigenvalue weighted by atomic mass is 16.2. The van der Waals surface area contributed by atoms with Gasteiger partial charge in [-0.05, 0) is 55.7 Å². The smallest absolute Gasteiger partial charge is 0.251 e. The molecule has 0 bridgehead atoms. The molecule has 1 fully saturated rings. The third kappa shape index (κ3) is 4.42. The summed E-state index contributed by atoms with van der Waals surface area (Å²) in [4.78, 5) is 26.3. The molecule has 2 aromatic carbocycles. The van der Waals surface area contributed by atoms with E-state index in [-0.39, 0.29) is 23.8 Å². The molecule has 1 saturated carbocycles. The largest absolute Gasteiger partial charge is 0.378 e. The van der Waals surface area contributed by atoms with E-state index >= 15 is 0 Å². The van der Waals surface area contributed by atoms with Crippen LogP contribution >= 0.6 is 0 Å². The first-order valence-electron chi connectivity index (χ1n) is 8.93. The molecule has 0 aliphatic heterocycles. The first-order valence-corrected chi connectivity index (χ1v) is 8.93. The van der Waals surface area contributed by atoms with Crippen molar-refractivity contribution >= 4 is 23.2 Å². The maximum atomic E-state index is 12.5. The lowest BCUT2D eigenvalue weighted by Gasteiger charge is -2.17. The Balaban J connectivity index is 1.61. The summed E-state index contributed by atoms with van der Waals surface area (Å²) in [7, 11) is 3.90. The minimum atomic E-state index is -0.126. The third-order valence-electron chi connectivity index (χ3n) is 4.60. The zero-order chi connectivity index (χ0) is 18.7. The van der Waals surface area contributed by atoms with Gasteiger partial charge in [0.05, 0.1) is 6.04 Å².